The maximum Gasteiger partial charge on any atom is 0.0500 e. The SMILES string of the molecule is C=CCCOCCCCCNC(C)C. The molecule has 0 unspecified atom stereocenters. The lowest BCUT2D eigenvalue weighted by Gasteiger charge is -2.07. The molecule has 2 heteroatoms. The third kappa shape index (κ3) is 11.7. The quantitative estimate of drug-likeness (QED) is 0.431. The van der Waals surface area contributed by atoms with Gasteiger partial charge in [-0.15, -0.1) is 6.58 Å². The molecule has 0 aromatic heterocycles. The minimum atomic E-state index is 0.610. The Hall–Kier alpha value is -0.340. The van der Waals surface area contributed by atoms with Crippen LogP contribution in [0.15, 0.2) is 12.7 Å². The van der Waals surface area contributed by atoms with E-state index < -0.39 is 0 Å². The molecule has 0 amide bonds. The van der Waals surface area contributed by atoms with Crippen LogP contribution >= 0.6 is 0 Å². The predicted molar refractivity (Wildman–Crippen MR) is 62.6 cm³/mol. The van der Waals surface area contributed by atoms with Crippen LogP contribution in [0.2, 0.25) is 0 Å². The fourth-order valence-corrected chi connectivity index (χ4v) is 1.17. The molecule has 0 heterocycles. The summed E-state index contributed by atoms with van der Waals surface area (Å²) in [7, 11) is 0. The monoisotopic (exact) mass is 199 g/mol. The number of hydrogen-bond donors (Lipinski definition) is 1. The van der Waals surface area contributed by atoms with E-state index in [0.717, 1.165) is 26.2 Å². The molecule has 1 N–H and O–H groups in total. The average molecular weight is 199 g/mol. The van der Waals surface area contributed by atoms with Crippen molar-refractivity contribution in [2.45, 2.75) is 45.6 Å². The summed E-state index contributed by atoms with van der Waals surface area (Å²) >= 11 is 0. The Morgan fingerprint density at radius 3 is 2.64 bits per heavy atom. The van der Waals surface area contributed by atoms with Gasteiger partial charge in [0.1, 0.15) is 0 Å². The van der Waals surface area contributed by atoms with Crippen LogP contribution in [-0.2, 0) is 4.74 Å². The van der Waals surface area contributed by atoms with E-state index in [4.69, 9.17) is 4.74 Å². The normalized spacial score (nSPS) is 10.8. The third-order valence-electron chi connectivity index (χ3n) is 1.98. The highest BCUT2D eigenvalue weighted by molar-refractivity contribution is 4.64. The summed E-state index contributed by atoms with van der Waals surface area (Å²) in [5.41, 5.74) is 0. The summed E-state index contributed by atoms with van der Waals surface area (Å²) in [6, 6.07) is 0.610. The highest BCUT2D eigenvalue weighted by Gasteiger charge is 1.92. The van der Waals surface area contributed by atoms with Crippen LogP contribution < -0.4 is 5.32 Å². The molecule has 2 nitrogen and oxygen atoms in total. The first kappa shape index (κ1) is 13.7. The molecule has 0 aromatic rings. The second-order valence-electron chi connectivity index (χ2n) is 3.86. The molecule has 0 rings (SSSR count). The third-order valence-corrected chi connectivity index (χ3v) is 1.98. The maximum absolute atomic E-state index is 5.41. The van der Waals surface area contributed by atoms with Crippen molar-refractivity contribution in [3.8, 4) is 0 Å². The van der Waals surface area contributed by atoms with E-state index in [1.807, 2.05) is 6.08 Å². The first-order valence-electron chi connectivity index (χ1n) is 5.69. The van der Waals surface area contributed by atoms with Gasteiger partial charge in [-0.2, -0.15) is 0 Å². The molecule has 0 radical (unpaired) electrons. The molecule has 0 saturated carbocycles. The summed E-state index contributed by atoms with van der Waals surface area (Å²) in [5.74, 6) is 0. The van der Waals surface area contributed by atoms with Crippen molar-refractivity contribution >= 4 is 0 Å². The van der Waals surface area contributed by atoms with Gasteiger partial charge in [-0.05, 0) is 32.2 Å². The Balaban J connectivity index is 2.88. The molecule has 0 saturated heterocycles. The van der Waals surface area contributed by atoms with Crippen LogP contribution in [0.1, 0.15) is 39.5 Å². The Morgan fingerprint density at radius 1 is 1.21 bits per heavy atom. The number of unbranched alkanes of at least 4 members (excludes halogenated alkanes) is 2. The van der Waals surface area contributed by atoms with Crippen molar-refractivity contribution in [2.24, 2.45) is 0 Å². The highest BCUT2D eigenvalue weighted by atomic mass is 16.5. The van der Waals surface area contributed by atoms with Crippen molar-refractivity contribution in [2.75, 3.05) is 19.8 Å². The number of nitrogens with one attached hydrogen (secondary N) is 1. The van der Waals surface area contributed by atoms with Gasteiger partial charge in [0.2, 0.25) is 0 Å². The average Bonchev–Trinajstić information content (AvgIpc) is 2.15. The zero-order valence-corrected chi connectivity index (χ0v) is 9.72. The van der Waals surface area contributed by atoms with Crippen molar-refractivity contribution in [3.05, 3.63) is 12.7 Å². The number of hydrogen-bond acceptors (Lipinski definition) is 2. The van der Waals surface area contributed by atoms with Gasteiger partial charge in [-0.1, -0.05) is 19.9 Å². The minimum absolute atomic E-state index is 0.610. The topological polar surface area (TPSA) is 21.3 Å². The van der Waals surface area contributed by atoms with Crippen LogP contribution in [0, 0.1) is 0 Å². The zero-order valence-electron chi connectivity index (χ0n) is 9.72. The molecule has 0 aliphatic heterocycles. The van der Waals surface area contributed by atoms with Crippen molar-refractivity contribution < 1.29 is 4.74 Å². The van der Waals surface area contributed by atoms with Crippen LogP contribution in [-0.4, -0.2) is 25.8 Å². The Bertz CT molecular complexity index is 123. The summed E-state index contributed by atoms with van der Waals surface area (Å²) in [6.07, 6.45) is 6.55. The fraction of sp³-hybridized carbons (Fsp3) is 0.833. The largest absolute Gasteiger partial charge is 0.381 e. The molecule has 0 bridgehead atoms. The predicted octanol–water partition coefficient (Wildman–Crippen LogP) is 2.75. The second kappa shape index (κ2) is 10.7. The number of ether oxygens (including phenoxy) is 1. The summed E-state index contributed by atoms with van der Waals surface area (Å²) in [5, 5.41) is 3.40. The molecule has 0 fully saturated rings. The van der Waals surface area contributed by atoms with E-state index in [1.54, 1.807) is 0 Å². The van der Waals surface area contributed by atoms with Crippen LogP contribution in [0.25, 0.3) is 0 Å². The molecule has 0 aliphatic rings. The van der Waals surface area contributed by atoms with Gasteiger partial charge in [-0.25, -0.2) is 0 Å². The smallest absolute Gasteiger partial charge is 0.0500 e. The van der Waals surface area contributed by atoms with Crippen molar-refractivity contribution in [3.63, 3.8) is 0 Å². The van der Waals surface area contributed by atoms with Crippen LogP contribution in [0.3, 0.4) is 0 Å². The number of rotatable bonds is 10. The van der Waals surface area contributed by atoms with Gasteiger partial charge in [0, 0.05) is 19.3 Å². The maximum atomic E-state index is 5.41. The van der Waals surface area contributed by atoms with Crippen molar-refractivity contribution in [1.82, 2.24) is 5.32 Å². The van der Waals surface area contributed by atoms with Crippen LogP contribution in [0.4, 0.5) is 0 Å². The Labute approximate surface area is 88.7 Å². The lowest BCUT2D eigenvalue weighted by Crippen LogP contribution is -2.23. The first-order valence-corrected chi connectivity index (χ1v) is 5.69. The minimum Gasteiger partial charge on any atom is -0.381 e. The first-order chi connectivity index (χ1) is 6.77. The fourth-order valence-electron chi connectivity index (χ4n) is 1.17. The molecule has 0 atom stereocenters. The summed E-state index contributed by atoms with van der Waals surface area (Å²) in [6.45, 7) is 10.9. The lowest BCUT2D eigenvalue weighted by molar-refractivity contribution is 0.134. The van der Waals surface area contributed by atoms with Gasteiger partial charge in [-0.3, -0.25) is 0 Å². The molecule has 0 spiro atoms. The van der Waals surface area contributed by atoms with E-state index in [0.29, 0.717) is 6.04 Å². The Morgan fingerprint density at radius 2 is 2.00 bits per heavy atom. The summed E-state index contributed by atoms with van der Waals surface area (Å²) < 4.78 is 5.41. The molecular weight excluding hydrogens is 174 g/mol. The van der Waals surface area contributed by atoms with Gasteiger partial charge in [0.25, 0.3) is 0 Å². The molecule has 84 valence electrons. The van der Waals surface area contributed by atoms with Gasteiger partial charge < -0.3 is 10.1 Å². The van der Waals surface area contributed by atoms with Crippen molar-refractivity contribution in [1.29, 1.82) is 0 Å². The highest BCUT2D eigenvalue weighted by Crippen LogP contribution is 1.96. The molecule has 14 heavy (non-hydrogen) atoms. The summed E-state index contributed by atoms with van der Waals surface area (Å²) in [4.78, 5) is 0. The Kier molecular flexibility index (Phi) is 10.5. The van der Waals surface area contributed by atoms with Gasteiger partial charge in [0.15, 0.2) is 0 Å². The second-order valence-corrected chi connectivity index (χ2v) is 3.86. The van der Waals surface area contributed by atoms with E-state index in [9.17, 15) is 0 Å². The van der Waals surface area contributed by atoms with E-state index in [-0.39, 0.29) is 0 Å². The molecular formula is C12H25NO. The van der Waals surface area contributed by atoms with Gasteiger partial charge in [0.05, 0.1) is 0 Å². The lowest BCUT2D eigenvalue weighted by atomic mass is 10.2. The van der Waals surface area contributed by atoms with E-state index >= 15 is 0 Å². The van der Waals surface area contributed by atoms with Gasteiger partial charge >= 0.3 is 0 Å². The molecule has 0 aliphatic carbocycles. The molecule has 0 aromatic carbocycles. The van der Waals surface area contributed by atoms with E-state index in [2.05, 4.69) is 25.7 Å². The zero-order chi connectivity index (χ0) is 10.6. The van der Waals surface area contributed by atoms with Crippen LogP contribution in [0.5, 0.6) is 0 Å². The standard InChI is InChI=1S/C12H25NO/c1-4-5-10-14-11-8-6-7-9-13-12(2)3/h4,12-13H,1,5-11H2,2-3H3. The van der Waals surface area contributed by atoms with E-state index in [1.165, 1.54) is 19.3 Å².